The van der Waals surface area contributed by atoms with Gasteiger partial charge in [0.15, 0.2) is 5.78 Å². The third-order valence-corrected chi connectivity index (χ3v) is 4.97. The van der Waals surface area contributed by atoms with E-state index in [1.807, 2.05) is 32.3 Å². The van der Waals surface area contributed by atoms with Crippen LogP contribution in [0.3, 0.4) is 0 Å². The molecule has 0 spiro atoms. The van der Waals surface area contributed by atoms with E-state index >= 15 is 0 Å². The Morgan fingerprint density at radius 3 is 2.29 bits per heavy atom. The molecule has 0 heterocycles. The molecule has 0 bridgehead atoms. The summed E-state index contributed by atoms with van der Waals surface area (Å²) in [5.41, 5.74) is 0.546. The van der Waals surface area contributed by atoms with Crippen LogP contribution in [0.15, 0.2) is 42.5 Å². The lowest BCUT2D eigenvalue weighted by Gasteiger charge is -2.41. The Bertz CT molecular complexity index is 653. The van der Waals surface area contributed by atoms with Crippen molar-refractivity contribution in [2.24, 2.45) is 0 Å². The van der Waals surface area contributed by atoms with Crippen molar-refractivity contribution in [1.82, 2.24) is 4.90 Å². The van der Waals surface area contributed by atoms with Crippen LogP contribution in [0.2, 0.25) is 0 Å². The Morgan fingerprint density at radius 1 is 0.952 bits per heavy atom. The first-order chi connectivity index (χ1) is 10.1. The largest absolute Gasteiger partial charge is 0.297 e. The number of benzene rings is 2. The van der Waals surface area contributed by atoms with Crippen molar-refractivity contribution in [2.75, 3.05) is 14.1 Å². The van der Waals surface area contributed by atoms with Crippen LogP contribution >= 0.6 is 0 Å². The van der Waals surface area contributed by atoms with Crippen LogP contribution in [-0.4, -0.2) is 30.3 Å². The van der Waals surface area contributed by atoms with Gasteiger partial charge in [-0.1, -0.05) is 55.7 Å². The van der Waals surface area contributed by atoms with E-state index in [4.69, 9.17) is 0 Å². The van der Waals surface area contributed by atoms with Gasteiger partial charge in [0.05, 0.1) is 5.54 Å². The van der Waals surface area contributed by atoms with Gasteiger partial charge in [-0.05, 0) is 43.8 Å². The molecule has 0 radical (unpaired) electrons. The minimum absolute atomic E-state index is 0.290. The van der Waals surface area contributed by atoms with Gasteiger partial charge in [-0.3, -0.25) is 9.69 Å². The second kappa shape index (κ2) is 5.61. The molecule has 110 valence electrons. The van der Waals surface area contributed by atoms with E-state index in [0.717, 1.165) is 36.6 Å². The zero-order chi connectivity index (χ0) is 14.9. The molecule has 0 aromatic heterocycles. The van der Waals surface area contributed by atoms with Gasteiger partial charge in [0.25, 0.3) is 0 Å². The van der Waals surface area contributed by atoms with Crippen molar-refractivity contribution < 1.29 is 4.79 Å². The molecule has 0 unspecified atom stereocenters. The molecule has 2 aromatic carbocycles. The molecular formula is C19H23NO. The molecule has 0 amide bonds. The number of fused-ring (bicyclic) bond motifs is 1. The summed E-state index contributed by atoms with van der Waals surface area (Å²) in [5, 5.41) is 2.34. The highest BCUT2D eigenvalue weighted by Gasteiger charge is 2.41. The van der Waals surface area contributed by atoms with Crippen molar-refractivity contribution in [3.63, 3.8) is 0 Å². The Balaban J connectivity index is 2.01. The number of likely N-dealkylation sites (N-methyl/N-ethyl adjacent to an activating group) is 1. The molecule has 1 aliphatic carbocycles. The van der Waals surface area contributed by atoms with Crippen molar-refractivity contribution in [3.8, 4) is 0 Å². The highest BCUT2D eigenvalue weighted by Crippen LogP contribution is 2.35. The highest BCUT2D eigenvalue weighted by molar-refractivity contribution is 6.05. The summed E-state index contributed by atoms with van der Waals surface area (Å²) >= 11 is 0. The average Bonchev–Trinajstić information content (AvgIpc) is 2.54. The van der Waals surface area contributed by atoms with Gasteiger partial charge in [-0.2, -0.15) is 0 Å². The van der Waals surface area contributed by atoms with E-state index in [0.29, 0.717) is 0 Å². The van der Waals surface area contributed by atoms with E-state index in [9.17, 15) is 4.79 Å². The maximum atomic E-state index is 13.2. The van der Waals surface area contributed by atoms with Crippen molar-refractivity contribution in [3.05, 3.63) is 48.0 Å². The second-order valence-corrected chi connectivity index (χ2v) is 6.38. The van der Waals surface area contributed by atoms with E-state index in [-0.39, 0.29) is 11.3 Å². The van der Waals surface area contributed by atoms with Gasteiger partial charge in [-0.15, -0.1) is 0 Å². The van der Waals surface area contributed by atoms with E-state index in [1.54, 1.807) is 0 Å². The summed E-state index contributed by atoms with van der Waals surface area (Å²) in [6.07, 6.45) is 5.51. The quantitative estimate of drug-likeness (QED) is 0.782. The van der Waals surface area contributed by atoms with Crippen molar-refractivity contribution in [2.45, 2.75) is 37.6 Å². The van der Waals surface area contributed by atoms with Gasteiger partial charge in [0, 0.05) is 5.56 Å². The van der Waals surface area contributed by atoms with Crippen LogP contribution in [-0.2, 0) is 0 Å². The van der Waals surface area contributed by atoms with Gasteiger partial charge in [-0.25, -0.2) is 0 Å². The molecule has 2 aromatic rings. The molecule has 1 saturated carbocycles. The molecule has 1 fully saturated rings. The van der Waals surface area contributed by atoms with Gasteiger partial charge >= 0.3 is 0 Å². The summed E-state index contributed by atoms with van der Waals surface area (Å²) < 4.78 is 0. The van der Waals surface area contributed by atoms with Crippen molar-refractivity contribution in [1.29, 1.82) is 0 Å². The van der Waals surface area contributed by atoms with Gasteiger partial charge < -0.3 is 0 Å². The van der Waals surface area contributed by atoms with Gasteiger partial charge in [0.2, 0.25) is 0 Å². The zero-order valence-electron chi connectivity index (χ0n) is 12.9. The predicted octanol–water partition coefficient (Wildman–Crippen LogP) is 4.29. The van der Waals surface area contributed by atoms with Crippen LogP contribution in [0.25, 0.3) is 10.8 Å². The number of Topliss-reactive ketones (excluding diaryl/α,β-unsaturated/α-hetero) is 1. The minimum Gasteiger partial charge on any atom is -0.297 e. The zero-order valence-corrected chi connectivity index (χ0v) is 12.9. The van der Waals surface area contributed by atoms with E-state index < -0.39 is 0 Å². The molecule has 3 rings (SSSR count). The van der Waals surface area contributed by atoms with Crippen LogP contribution in [0.4, 0.5) is 0 Å². The summed E-state index contributed by atoms with van der Waals surface area (Å²) in [7, 11) is 4.09. The molecule has 2 heteroatoms. The van der Waals surface area contributed by atoms with Crippen molar-refractivity contribution >= 4 is 16.6 Å². The number of nitrogens with zero attached hydrogens (tertiary/aromatic N) is 1. The predicted molar refractivity (Wildman–Crippen MR) is 87.8 cm³/mol. The first kappa shape index (κ1) is 14.3. The average molecular weight is 281 g/mol. The molecule has 0 N–H and O–H groups in total. The normalized spacial score (nSPS) is 18.0. The first-order valence-corrected chi connectivity index (χ1v) is 7.84. The maximum Gasteiger partial charge on any atom is 0.183 e. The number of hydrogen-bond acceptors (Lipinski definition) is 2. The summed E-state index contributed by atoms with van der Waals surface area (Å²) in [6.45, 7) is 0. The first-order valence-electron chi connectivity index (χ1n) is 7.84. The van der Waals surface area contributed by atoms with E-state index in [1.165, 1.54) is 11.8 Å². The monoisotopic (exact) mass is 281 g/mol. The molecular weight excluding hydrogens is 258 g/mol. The third-order valence-electron chi connectivity index (χ3n) is 4.97. The molecule has 0 atom stereocenters. The third kappa shape index (κ3) is 2.49. The van der Waals surface area contributed by atoms with Gasteiger partial charge in [0.1, 0.15) is 0 Å². The molecule has 1 aliphatic rings. The molecule has 21 heavy (non-hydrogen) atoms. The lowest BCUT2D eigenvalue weighted by Crippen LogP contribution is -2.52. The Kier molecular flexibility index (Phi) is 3.81. The fourth-order valence-corrected chi connectivity index (χ4v) is 3.61. The highest BCUT2D eigenvalue weighted by atomic mass is 16.1. The fraction of sp³-hybridized carbons (Fsp3) is 0.421. The number of carbonyl (C=O) groups is 1. The second-order valence-electron chi connectivity index (χ2n) is 6.38. The lowest BCUT2D eigenvalue weighted by molar-refractivity contribution is 0.0564. The number of rotatable bonds is 3. The van der Waals surface area contributed by atoms with Crippen LogP contribution in [0.1, 0.15) is 42.5 Å². The standard InChI is InChI=1S/C19H23NO/c1-20(2)19(12-6-3-7-13-19)18(21)17-11-10-15-8-4-5-9-16(15)14-17/h4-5,8-11,14H,3,6-7,12-13H2,1-2H3. The number of hydrogen-bond donors (Lipinski definition) is 0. The van der Waals surface area contributed by atoms with Crippen LogP contribution in [0, 0.1) is 0 Å². The number of ketones is 1. The Labute approximate surface area is 126 Å². The molecule has 0 aliphatic heterocycles. The summed E-state index contributed by atoms with van der Waals surface area (Å²) in [6, 6.07) is 14.3. The molecule has 2 nitrogen and oxygen atoms in total. The molecule has 0 saturated heterocycles. The number of carbonyl (C=O) groups excluding carboxylic acids is 1. The Hall–Kier alpha value is -1.67. The lowest BCUT2D eigenvalue weighted by atomic mass is 9.75. The van der Waals surface area contributed by atoms with Crippen LogP contribution in [0.5, 0.6) is 0 Å². The SMILES string of the molecule is CN(C)C1(C(=O)c2ccc3ccccc3c2)CCCCC1. The van der Waals surface area contributed by atoms with Crippen LogP contribution < -0.4 is 0 Å². The fourth-order valence-electron chi connectivity index (χ4n) is 3.61. The summed E-state index contributed by atoms with van der Waals surface area (Å²) in [5.74, 6) is 0.290. The maximum absolute atomic E-state index is 13.2. The smallest absolute Gasteiger partial charge is 0.183 e. The summed E-state index contributed by atoms with van der Waals surface area (Å²) in [4.78, 5) is 15.3. The Morgan fingerprint density at radius 2 is 1.62 bits per heavy atom. The minimum atomic E-state index is -0.305. The van der Waals surface area contributed by atoms with E-state index in [2.05, 4.69) is 29.2 Å². The topological polar surface area (TPSA) is 20.3 Å².